The Kier molecular flexibility index (Phi) is 6.30. The summed E-state index contributed by atoms with van der Waals surface area (Å²) in [6, 6.07) is 10.3. The van der Waals surface area contributed by atoms with Gasteiger partial charge in [0.15, 0.2) is 0 Å². The third-order valence-electron chi connectivity index (χ3n) is 3.81. The highest BCUT2D eigenvalue weighted by Gasteiger charge is 2.18. The fraction of sp³-hybridized carbons (Fsp3) is 0.222. The minimum absolute atomic E-state index is 0.00910. The standard InChI is InChI=1S/C18H18ClN3O4/c1-3-11(2)20-18(24)13-6-4-5-7-15(13)21-17(23)12-8-9-14(19)16(10-12)22(25)26/h4-11H,3H2,1-2H3,(H,20,24)(H,21,23)/t11-/m1/s1. The van der Waals surface area contributed by atoms with Gasteiger partial charge in [-0.1, -0.05) is 30.7 Å². The lowest BCUT2D eigenvalue weighted by Crippen LogP contribution is -2.32. The summed E-state index contributed by atoms with van der Waals surface area (Å²) in [5.74, 6) is -0.883. The van der Waals surface area contributed by atoms with Crippen LogP contribution in [0.1, 0.15) is 41.0 Å². The number of carbonyl (C=O) groups excluding carboxylic acids is 2. The molecule has 0 unspecified atom stereocenters. The quantitative estimate of drug-likeness (QED) is 0.587. The average Bonchev–Trinajstić information content (AvgIpc) is 2.61. The second-order valence-electron chi connectivity index (χ2n) is 5.71. The number of hydrogen-bond acceptors (Lipinski definition) is 4. The van der Waals surface area contributed by atoms with E-state index >= 15 is 0 Å². The molecular formula is C18H18ClN3O4. The Morgan fingerprint density at radius 2 is 1.88 bits per heavy atom. The summed E-state index contributed by atoms with van der Waals surface area (Å²) in [4.78, 5) is 35.1. The first-order chi connectivity index (χ1) is 12.3. The summed E-state index contributed by atoms with van der Waals surface area (Å²) >= 11 is 5.76. The monoisotopic (exact) mass is 375 g/mol. The SMILES string of the molecule is CC[C@@H](C)NC(=O)c1ccccc1NC(=O)c1ccc(Cl)c([N+](=O)[O-])c1. The van der Waals surface area contributed by atoms with Crippen LogP contribution in [0.2, 0.25) is 5.02 Å². The van der Waals surface area contributed by atoms with Crippen molar-refractivity contribution in [2.75, 3.05) is 5.32 Å². The van der Waals surface area contributed by atoms with Gasteiger partial charge in [0.1, 0.15) is 5.02 Å². The minimum atomic E-state index is -0.660. The maximum Gasteiger partial charge on any atom is 0.288 e. The Morgan fingerprint density at radius 3 is 2.54 bits per heavy atom. The molecule has 2 aromatic carbocycles. The van der Waals surface area contributed by atoms with Gasteiger partial charge >= 0.3 is 0 Å². The van der Waals surface area contributed by atoms with Gasteiger partial charge in [-0.3, -0.25) is 19.7 Å². The van der Waals surface area contributed by atoms with Crippen LogP contribution in [0.25, 0.3) is 0 Å². The van der Waals surface area contributed by atoms with Crippen LogP contribution >= 0.6 is 11.6 Å². The van der Waals surface area contributed by atoms with E-state index in [1.807, 2.05) is 13.8 Å². The third kappa shape index (κ3) is 4.58. The highest BCUT2D eigenvalue weighted by molar-refractivity contribution is 6.32. The maximum absolute atomic E-state index is 12.4. The smallest absolute Gasteiger partial charge is 0.288 e. The fourth-order valence-corrected chi connectivity index (χ4v) is 2.37. The molecule has 0 spiro atoms. The zero-order valence-corrected chi connectivity index (χ0v) is 15.0. The molecule has 0 aliphatic rings. The van der Waals surface area contributed by atoms with Crippen molar-refractivity contribution in [3.63, 3.8) is 0 Å². The topological polar surface area (TPSA) is 101 Å². The highest BCUT2D eigenvalue weighted by atomic mass is 35.5. The van der Waals surface area contributed by atoms with Crippen LogP contribution in [0, 0.1) is 10.1 Å². The lowest BCUT2D eigenvalue weighted by atomic mass is 10.1. The van der Waals surface area contributed by atoms with Crippen molar-refractivity contribution in [2.24, 2.45) is 0 Å². The summed E-state index contributed by atoms with van der Waals surface area (Å²) in [5, 5.41) is 16.4. The van der Waals surface area contributed by atoms with E-state index in [1.54, 1.807) is 24.3 Å². The molecule has 0 aromatic heterocycles. The number of carbonyl (C=O) groups is 2. The van der Waals surface area contributed by atoms with Gasteiger partial charge in [0.25, 0.3) is 17.5 Å². The molecule has 2 aromatic rings. The van der Waals surface area contributed by atoms with Crippen molar-refractivity contribution in [3.8, 4) is 0 Å². The van der Waals surface area contributed by atoms with Gasteiger partial charge in [0.2, 0.25) is 0 Å². The van der Waals surface area contributed by atoms with Crippen LogP contribution in [-0.4, -0.2) is 22.8 Å². The molecule has 0 radical (unpaired) electrons. The van der Waals surface area contributed by atoms with E-state index in [-0.39, 0.29) is 28.2 Å². The molecule has 136 valence electrons. The largest absolute Gasteiger partial charge is 0.350 e. The van der Waals surface area contributed by atoms with Gasteiger partial charge in [-0.25, -0.2) is 0 Å². The first-order valence-electron chi connectivity index (χ1n) is 7.98. The summed E-state index contributed by atoms with van der Waals surface area (Å²) in [6.45, 7) is 3.83. The zero-order valence-electron chi connectivity index (χ0n) is 14.3. The minimum Gasteiger partial charge on any atom is -0.350 e. The van der Waals surface area contributed by atoms with Crippen molar-refractivity contribution in [1.29, 1.82) is 0 Å². The molecule has 0 heterocycles. The molecule has 1 atom stereocenters. The number of nitro groups is 1. The number of nitro benzene ring substituents is 1. The molecule has 0 saturated heterocycles. The molecule has 2 amide bonds. The number of hydrogen-bond donors (Lipinski definition) is 2. The first kappa shape index (κ1) is 19.4. The molecule has 8 heteroatoms. The molecule has 0 bridgehead atoms. The Morgan fingerprint density at radius 1 is 1.19 bits per heavy atom. The summed E-state index contributed by atoms with van der Waals surface area (Å²) in [6.07, 6.45) is 0.773. The van der Waals surface area contributed by atoms with Crippen LogP contribution in [0.3, 0.4) is 0 Å². The number of nitrogens with zero attached hydrogens (tertiary/aromatic N) is 1. The first-order valence-corrected chi connectivity index (χ1v) is 8.36. The highest BCUT2D eigenvalue weighted by Crippen LogP contribution is 2.26. The number of anilines is 1. The van der Waals surface area contributed by atoms with Gasteiger partial charge in [0, 0.05) is 17.7 Å². The van der Waals surface area contributed by atoms with E-state index in [4.69, 9.17) is 11.6 Å². The van der Waals surface area contributed by atoms with Crippen LogP contribution in [0.4, 0.5) is 11.4 Å². The Bertz CT molecular complexity index is 854. The number of amides is 2. The predicted octanol–water partition coefficient (Wildman–Crippen LogP) is 4.03. The van der Waals surface area contributed by atoms with Gasteiger partial charge < -0.3 is 10.6 Å². The van der Waals surface area contributed by atoms with Gasteiger partial charge in [-0.2, -0.15) is 0 Å². The van der Waals surface area contributed by atoms with Gasteiger partial charge in [-0.05, 0) is 37.6 Å². The van der Waals surface area contributed by atoms with Crippen LogP contribution in [-0.2, 0) is 0 Å². The normalized spacial score (nSPS) is 11.5. The summed E-state index contributed by atoms with van der Waals surface area (Å²) in [5.41, 5.74) is 0.334. The molecule has 2 N–H and O–H groups in total. The molecule has 7 nitrogen and oxygen atoms in total. The van der Waals surface area contributed by atoms with Crippen molar-refractivity contribution in [1.82, 2.24) is 5.32 Å². The second-order valence-corrected chi connectivity index (χ2v) is 6.11. The van der Waals surface area contributed by atoms with Crippen molar-refractivity contribution >= 4 is 34.8 Å². The summed E-state index contributed by atoms with van der Waals surface area (Å²) < 4.78 is 0. The second kappa shape index (κ2) is 8.44. The molecule has 0 aliphatic heterocycles. The lowest BCUT2D eigenvalue weighted by Gasteiger charge is -2.14. The Balaban J connectivity index is 2.26. The number of nitrogens with one attached hydrogen (secondary N) is 2. The molecular weight excluding hydrogens is 358 g/mol. The van der Waals surface area contributed by atoms with E-state index in [0.717, 1.165) is 12.5 Å². The van der Waals surface area contributed by atoms with Gasteiger partial charge in [0.05, 0.1) is 16.2 Å². The van der Waals surface area contributed by atoms with Crippen LogP contribution in [0.15, 0.2) is 42.5 Å². The molecule has 26 heavy (non-hydrogen) atoms. The molecule has 0 fully saturated rings. The van der Waals surface area contributed by atoms with Crippen molar-refractivity contribution in [3.05, 3.63) is 68.7 Å². The molecule has 0 aliphatic carbocycles. The van der Waals surface area contributed by atoms with E-state index < -0.39 is 10.8 Å². The number of rotatable bonds is 6. The number of halogens is 1. The number of benzene rings is 2. The average molecular weight is 376 g/mol. The zero-order chi connectivity index (χ0) is 19.3. The van der Waals surface area contributed by atoms with E-state index in [0.29, 0.717) is 11.3 Å². The van der Waals surface area contributed by atoms with Gasteiger partial charge in [-0.15, -0.1) is 0 Å². The van der Waals surface area contributed by atoms with E-state index in [2.05, 4.69) is 10.6 Å². The van der Waals surface area contributed by atoms with E-state index in [9.17, 15) is 19.7 Å². The Labute approximate surface area is 155 Å². The van der Waals surface area contributed by atoms with E-state index in [1.165, 1.54) is 12.1 Å². The number of para-hydroxylation sites is 1. The van der Waals surface area contributed by atoms with Crippen LogP contribution in [0.5, 0.6) is 0 Å². The van der Waals surface area contributed by atoms with Crippen molar-refractivity contribution < 1.29 is 14.5 Å². The summed E-state index contributed by atoms with van der Waals surface area (Å²) in [7, 11) is 0. The predicted molar refractivity (Wildman–Crippen MR) is 99.7 cm³/mol. The fourth-order valence-electron chi connectivity index (χ4n) is 2.18. The molecule has 0 saturated carbocycles. The lowest BCUT2D eigenvalue weighted by molar-refractivity contribution is -0.384. The van der Waals surface area contributed by atoms with Crippen molar-refractivity contribution in [2.45, 2.75) is 26.3 Å². The Hall–Kier alpha value is -2.93. The maximum atomic E-state index is 12.4. The molecule has 2 rings (SSSR count). The van der Waals surface area contributed by atoms with Crippen LogP contribution < -0.4 is 10.6 Å². The third-order valence-corrected chi connectivity index (χ3v) is 4.13.